The maximum Gasteiger partial charge on any atom is 0.123 e. The molecular formula is C23H21N3O. The average Bonchev–Trinajstić information content (AvgIpc) is 3.44. The molecule has 0 spiro atoms. The van der Waals surface area contributed by atoms with Crippen LogP contribution < -0.4 is 4.74 Å². The van der Waals surface area contributed by atoms with Crippen molar-refractivity contribution in [2.24, 2.45) is 5.92 Å². The van der Waals surface area contributed by atoms with Crippen molar-refractivity contribution in [3.63, 3.8) is 0 Å². The van der Waals surface area contributed by atoms with Gasteiger partial charge in [-0.05, 0) is 49.4 Å². The molecule has 4 heteroatoms. The van der Waals surface area contributed by atoms with Crippen LogP contribution in [0.4, 0.5) is 0 Å². The minimum Gasteiger partial charge on any atom is -0.488 e. The van der Waals surface area contributed by atoms with Crippen molar-refractivity contribution in [3.8, 4) is 28.8 Å². The predicted molar refractivity (Wildman–Crippen MR) is 104 cm³/mol. The first kappa shape index (κ1) is 16.1. The first-order valence-electron chi connectivity index (χ1n) is 9.60. The third-order valence-electron chi connectivity index (χ3n) is 5.11. The second-order valence-corrected chi connectivity index (χ2v) is 7.33. The summed E-state index contributed by atoms with van der Waals surface area (Å²) in [5.74, 6) is 8.16. The lowest BCUT2D eigenvalue weighted by Crippen LogP contribution is -2.27. The Balaban J connectivity index is 1.25. The van der Waals surface area contributed by atoms with E-state index in [4.69, 9.17) is 4.74 Å². The molecule has 134 valence electrons. The summed E-state index contributed by atoms with van der Waals surface area (Å²) in [6, 6.07) is 16.5. The molecule has 0 bridgehead atoms. The number of fused-ring (bicyclic) bond motifs is 1. The summed E-state index contributed by atoms with van der Waals surface area (Å²) in [5, 5.41) is 8.62. The monoisotopic (exact) mass is 355 g/mol. The summed E-state index contributed by atoms with van der Waals surface area (Å²) < 4.78 is 8.00. The van der Waals surface area contributed by atoms with Crippen molar-refractivity contribution >= 4 is 0 Å². The van der Waals surface area contributed by atoms with Crippen LogP contribution in [0.1, 0.15) is 30.4 Å². The molecule has 1 aliphatic heterocycles. The van der Waals surface area contributed by atoms with Crippen LogP contribution in [0.25, 0.3) is 11.3 Å². The fourth-order valence-electron chi connectivity index (χ4n) is 3.37. The highest BCUT2D eigenvalue weighted by atomic mass is 16.5. The number of hydrogen-bond acceptors (Lipinski definition) is 3. The standard InChI is InChI=1S/C23H21N3O/c1-2-4-23-20(3-1)13-14-21(27-23)15-26-16-22(24-25-26)19-11-9-18(10-12-19)8-7-17-5-6-17/h1-4,9-12,16-17,21H,5-6,13-15H2/t21-/m1/s1. The normalized spacial score (nSPS) is 18.1. The summed E-state index contributed by atoms with van der Waals surface area (Å²) in [5.41, 5.74) is 4.30. The third kappa shape index (κ3) is 3.73. The summed E-state index contributed by atoms with van der Waals surface area (Å²) in [6.07, 6.45) is 6.69. The van der Waals surface area contributed by atoms with Gasteiger partial charge in [0.05, 0.1) is 12.7 Å². The minimum absolute atomic E-state index is 0.134. The molecule has 5 rings (SSSR count). The summed E-state index contributed by atoms with van der Waals surface area (Å²) in [6.45, 7) is 0.715. The van der Waals surface area contributed by atoms with Crippen molar-refractivity contribution in [2.45, 2.75) is 38.3 Å². The zero-order valence-corrected chi connectivity index (χ0v) is 15.1. The maximum atomic E-state index is 6.11. The van der Waals surface area contributed by atoms with Gasteiger partial charge in [0.2, 0.25) is 0 Å². The minimum atomic E-state index is 0.134. The Morgan fingerprint density at radius 2 is 1.89 bits per heavy atom. The zero-order valence-electron chi connectivity index (χ0n) is 15.1. The number of benzene rings is 2. The van der Waals surface area contributed by atoms with Gasteiger partial charge in [0, 0.05) is 17.0 Å². The largest absolute Gasteiger partial charge is 0.488 e. The van der Waals surface area contributed by atoms with E-state index in [0.717, 1.165) is 35.4 Å². The highest BCUT2D eigenvalue weighted by Crippen LogP contribution is 2.28. The lowest BCUT2D eigenvalue weighted by molar-refractivity contribution is 0.149. The molecule has 27 heavy (non-hydrogen) atoms. The van der Waals surface area contributed by atoms with Crippen LogP contribution in [0.2, 0.25) is 0 Å². The molecular weight excluding hydrogens is 334 g/mol. The van der Waals surface area contributed by atoms with Crippen LogP contribution in [-0.4, -0.2) is 21.1 Å². The predicted octanol–water partition coefficient (Wildman–Crippen LogP) is 4.10. The number of aromatic nitrogens is 3. The van der Waals surface area contributed by atoms with Crippen LogP contribution in [0.15, 0.2) is 54.7 Å². The second-order valence-electron chi connectivity index (χ2n) is 7.33. The van der Waals surface area contributed by atoms with E-state index in [-0.39, 0.29) is 6.10 Å². The van der Waals surface area contributed by atoms with Gasteiger partial charge in [-0.2, -0.15) is 0 Å². The first-order chi connectivity index (χ1) is 13.3. The summed E-state index contributed by atoms with van der Waals surface area (Å²) in [4.78, 5) is 0. The molecule has 0 saturated heterocycles. The smallest absolute Gasteiger partial charge is 0.123 e. The molecule has 2 heterocycles. The Labute approximate surface area is 159 Å². The van der Waals surface area contributed by atoms with Crippen LogP contribution in [-0.2, 0) is 13.0 Å². The Bertz CT molecular complexity index is 1010. The highest BCUT2D eigenvalue weighted by Gasteiger charge is 2.20. The van der Waals surface area contributed by atoms with E-state index in [1.54, 1.807) is 0 Å². The quantitative estimate of drug-likeness (QED) is 0.664. The second kappa shape index (κ2) is 6.92. The van der Waals surface area contributed by atoms with Crippen molar-refractivity contribution in [1.29, 1.82) is 0 Å². The Kier molecular flexibility index (Phi) is 4.14. The third-order valence-corrected chi connectivity index (χ3v) is 5.11. The molecule has 1 fully saturated rings. The van der Waals surface area contributed by atoms with Gasteiger partial charge < -0.3 is 4.74 Å². The van der Waals surface area contributed by atoms with Crippen LogP contribution in [0.5, 0.6) is 5.75 Å². The lowest BCUT2D eigenvalue weighted by Gasteiger charge is -2.25. The molecule has 3 aromatic rings. The van der Waals surface area contributed by atoms with Gasteiger partial charge in [-0.1, -0.05) is 47.4 Å². The summed E-state index contributed by atoms with van der Waals surface area (Å²) in [7, 11) is 0. The van der Waals surface area contributed by atoms with Crippen molar-refractivity contribution in [2.75, 3.05) is 0 Å². The Morgan fingerprint density at radius 3 is 2.74 bits per heavy atom. The maximum absolute atomic E-state index is 6.11. The molecule has 2 aromatic carbocycles. The van der Waals surface area contributed by atoms with Gasteiger partial charge in [0.1, 0.15) is 17.5 Å². The van der Waals surface area contributed by atoms with Gasteiger partial charge >= 0.3 is 0 Å². The molecule has 1 saturated carbocycles. The fourth-order valence-corrected chi connectivity index (χ4v) is 3.37. The molecule has 0 radical (unpaired) electrons. The number of para-hydroxylation sites is 1. The number of ether oxygens (including phenoxy) is 1. The lowest BCUT2D eigenvalue weighted by atomic mass is 10.0. The SMILES string of the molecule is C(#CC1CC1)c1ccc(-c2cn(C[C@H]3CCc4ccccc4O3)nn2)cc1. The molecule has 1 aliphatic carbocycles. The van der Waals surface area contributed by atoms with Crippen LogP contribution >= 0.6 is 0 Å². The van der Waals surface area contributed by atoms with E-state index in [9.17, 15) is 0 Å². The number of aryl methyl sites for hydroxylation is 1. The molecule has 4 nitrogen and oxygen atoms in total. The van der Waals surface area contributed by atoms with E-state index in [2.05, 4.69) is 58.6 Å². The Hall–Kier alpha value is -3.06. The van der Waals surface area contributed by atoms with E-state index in [1.165, 1.54) is 18.4 Å². The molecule has 0 N–H and O–H groups in total. The van der Waals surface area contributed by atoms with Gasteiger partial charge in [-0.15, -0.1) is 5.10 Å². The number of hydrogen-bond donors (Lipinski definition) is 0. The zero-order chi connectivity index (χ0) is 18.1. The fraction of sp³-hybridized carbons (Fsp3) is 0.304. The Morgan fingerprint density at radius 1 is 1.04 bits per heavy atom. The van der Waals surface area contributed by atoms with Crippen LogP contribution in [0, 0.1) is 17.8 Å². The summed E-state index contributed by atoms with van der Waals surface area (Å²) >= 11 is 0. The number of rotatable bonds is 3. The molecule has 1 aromatic heterocycles. The topological polar surface area (TPSA) is 39.9 Å². The van der Waals surface area contributed by atoms with E-state index < -0.39 is 0 Å². The highest BCUT2D eigenvalue weighted by molar-refractivity contribution is 5.59. The van der Waals surface area contributed by atoms with Gasteiger partial charge in [-0.25, -0.2) is 4.68 Å². The van der Waals surface area contributed by atoms with E-state index in [1.807, 2.05) is 23.0 Å². The molecule has 2 aliphatic rings. The molecule has 0 amide bonds. The number of nitrogens with zero attached hydrogens (tertiary/aromatic N) is 3. The van der Waals surface area contributed by atoms with Crippen molar-refractivity contribution < 1.29 is 4.74 Å². The average molecular weight is 355 g/mol. The van der Waals surface area contributed by atoms with E-state index in [0.29, 0.717) is 12.5 Å². The molecule has 0 unspecified atom stereocenters. The first-order valence-corrected chi connectivity index (χ1v) is 9.60. The van der Waals surface area contributed by atoms with E-state index >= 15 is 0 Å². The van der Waals surface area contributed by atoms with Crippen molar-refractivity contribution in [1.82, 2.24) is 15.0 Å². The van der Waals surface area contributed by atoms with Crippen LogP contribution in [0.3, 0.4) is 0 Å². The van der Waals surface area contributed by atoms with Crippen molar-refractivity contribution in [3.05, 3.63) is 65.9 Å². The van der Waals surface area contributed by atoms with Gasteiger partial charge in [0.25, 0.3) is 0 Å². The van der Waals surface area contributed by atoms with Gasteiger partial charge in [-0.3, -0.25) is 0 Å². The molecule has 1 atom stereocenters. The van der Waals surface area contributed by atoms with Gasteiger partial charge in [0.15, 0.2) is 0 Å².